The fraction of sp³-hybridized carbons (Fsp3) is 0.500. The van der Waals surface area contributed by atoms with Gasteiger partial charge in [0.05, 0.1) is 17.9 Å². The number of pyridine rings is 2. The quantitative estimate of drug-likeness (QED) is 0.810. The Morgan fingerprint density at radius 2 is 2.16 bits per heavy atom. The fourth-order valence-electron chi connectivity index (χ4n) is 4.02. The molecule has 25 heavy (non-hydrogen) atoms. The van der Waals surface area contributed by atoms with Crippen molar-refractivity contribution in [2.24, 2.45) is 5.92 Å². The highest BCUT2D eigenvalue weighted by atomic mass is 16.5. The van der Waals surface area contributed by atoms with E-state index in [1.807, 2.05) is 31.2 Å². The molecule has 2 aromatic heterocycles. The summed E-state index contributed by atoms with van der Waals surface area (Å²) in [6.45, 7) is 6.51. The Bertz CT molecular complexity index is 701. The second-order valence-corrected chi connectivity index (χ2v) is 7.12. The number of hydrogen-bond donors (Lipinski definition) is 0. The summed E-state index contributed by atoms with van der Waals surface area (Å²) in [7, 11) is 0. The number of ether oxygens (including phenoxy) is 2. The van der Waals surface area contributed by atoms with Crippen LogP contribution in [0, 0.1) is 12.8 Å². The van der Waals surface area contributed by atoms with E-state index in [-0.39, 0.29) is 5.60 Å². The summed E-state index contributed by atoms with van der Waals surface area (Å²) in [6, 6.07) is 12.0. The zero-order valence-electron chi connectivity index (χ0n) is 14.7. The molecule has 0 saturated carbocycles. The zero-order chi connectivity index (χ0) is 17.1. The first kappa shape index (κ1) is 16.5. The van der Waals surface area contributed by atoms with Crippen LogP contribution in [-0.2, 0) is 11.3 Å². The average molecular weight is 339 g/mol. The van der Waals surface area contributed by atoms with Gasteiger partial charge in [-0.1, -0.05) is 12.1 Å². The molecule has 1 atom stereocenters. The third-order valence-corrected chi connectivity index (χ3v) is 5.27. The summed E-state index contributed by atoms with van der Waals surface area (Å²) in [4.78, 5) is 11.2. The van der Waals surface area contributed by atoms with Crippen molar-refractivity contribution < 1.29 is 9.47 Å². The molecule has 0 amide bonds. The summed E-state index contributed by atoms with van der Waals surface area (Å²) >= 11 is 0. The van der Waals surface area contributed by atoms with Crippen molar-refractivity contribution in [2.75, 3.05) is 26.3 Å². The van der Waals surface area contributed by atoms with Crippen molar-refractivity contribution in [3.63, 3.8) is 0 Å². The second-order valence-electron chi connectivity index (χ2n) is 7.12. The van der Waals surface area contributed by atoms with E-state index in [9.17, 15) is 0 Å². The van der Waals surface area contributed by atoms with Crippen LogP contribution >= 0.6 is 0 Å². The van der Waals surface area contributed by atoms with Gasteiger partial charge < -0.3 is 9.47 Å². The van der Waals surface area contributed by atoms with Gasteiger partial charge in [0, 0.05) is 44.2 Å². The van der Waals surface area contributed by atoms with Gasteiger partial charge in [-0.3, -0.25) is 9.88 Å². The predicted molar refractivity (Wildman–Crippen MR) is 95.4 cm³/mol. The molecule has 0 aromatic carbocycles. The minimum atomic E-state index is 0.0251. The van der Waals surface area contributed by atoms with Gasteiger partial charge in [-0.05, 0) is 43.9 Å². The molecule has 4 heterocycles. The second kappa shape index (κ2) is 7.10. The molecule has 2 aliphatic rings. The van der Waals surface area contributed by atoms with E-state index in [1.54, 1.807) is 6.20 Å². The lowest BCUT2D eigenvalue weighted by Gasteiger charge is -2.50. The van der Waals surface area contributed by atoms with E-state index in [0.29, 0.717) is 18.4 Å². The van der Waals surface area contributed by atoms with Gasteiger partial charge in [0.15, 0.2) is 0 Å². The molecule has 2 aromatic rings. The van der Waals surface area contributed by atoms with Gasteiger partial charge in [-0.2, -0.15) is 0 Å². The van der Waals surface area contributed by atoms with E-state index in [4.69, 9.17) is 9.47 Å². The Morgan fingerprint density at radius 1 is 1.24 bits per heavy atom. The molecule has 0 radical (unpaired) electrons. The van der Waals surface area contributed by atoms with Gasteiger partial charge in [-0.15, -0.1) is 0 Å². The zero-order valence-corrected chi connectivity index (χ0v) is 14.7. The Morgan fingerprint density at radius 3 is 2.96 bits per heavy atom. The number of rotatable bonds is 6. The SMILES string of the molecule is Cc1cccc(CN2CC3(C2)OCC[C@@H]3CCOc2ccccn2)n1. The van der Waals surface area contributed by atoms with Crippen LogP contribution in [-0.4, -0.2) is 46.8 Å². The highest BCUT2D eigenvalue weighted by Gasteiger charge is 2.52. The first-order valence-electron chi connectivity index (χ1n) is 9.06. The van der Waals surface area contributed by atoms with Gasteiger partial charge in [0.25, 0.3) is 0 Å². The van der Waals surface area contributed by atoms with Crippen LogP contribution in [0.15, 0.2) is 42.6 Å². The van der Waals surface area contributed by atoms with Crippen molar-refractivity contribution in [3.8, 4) is 5.88 Å². The molecule has 0 bridgehead atoms. The van der Waals surface area contributed by atoms with E-state index < -0.39 is 0 Å². The van der Waals surface area contributed by atoms with Crippen molar-refractivity contribution in [1.29, 1.82) is 0 Å². The summed E-state index contributed by atoms with van der Waals surface area (Å²) in [5.74, 6) is 1.27. The number of aromatic nitrogens is 2. The lowest BCUT2D eigenvalue weighted by molar-refractivity contribution is -0.138. The van der Waals surface area contributed by atoms with Crippen LogP contribution in [0.4, 0.5) is 0 Å². The smallest absolute Gasteiger partial charge is 0.213 e. The first-order valence-corrected chi connectivity index (χ1v) is 9.06. The van der Waals surface area contributed by atoms with Crippen LogP contribution in [0.1, 0.15) is 24.2 Å². The number of nitrogens with zero attached hydrogens (tertiary/aromatic N) is 3. The van der Waals surface area contributed by atoms with E-state index in [0.717, 1.165) is 50.5 Å². The summed E-state index contributed by atoms with van der Waals surface area (Å²) in [5, 5.41) is 0. The molecule has 2 aliphatic heterocycles. The third kappa shape index (κ3) is 3.67. The highest BCUT2D eigenvalue weighted by Crippen LogP contribution is 2.42. The van der Waals surface area contributed by atoms with Crippen molar-refractivity contribution >= 4 is 0 Å². The Balaban J connectivity index is 1.27. The van der Waals surface area contributed by atoms with Crippen LogP contribution < -0.4 is 4.74 Å². The van der Waals surface area contributed by atoms with Crippen LogP contribution in [0.25, 0.3) is 0 Å². The van der Waals surface area contributed by atoms with E-state index >= 15 is 0 Å². The average Bonchev–Trinajstić information content (AvgIpc) is 2.99. The van der Waals surface area contributed by atoms with Crippen molar-refractivity contribution in [1.82, 2.24) is 14.9 Å². The molecule has 2 saturated heterocycles. The van der Waals surface area contributed by atoms with Gasteiger partial charge in [0.1, 0.15) is 0 Å². The molecule has 4 rings (SSSR count). The van der Waals surface area contributed by atoms with Crippen molar-refractivity contribution in [3.05, 3.63) is 54.0 Å². The minimum absolute atomic E-state index is 0.0251. The third-order valence-electron chi connectivity index (χ3n) is 5.27. The summed E-state index contributed by atoms with van der Waals surface area (Å²) in [5.41, 5.74) is 2.24. The van der Waals surface area contributed by atoms with Crippen LogP contribution in [0.5, 0.6) is 5.88 Å². The Labute approximate surface area is 149 Å². The summed E-state index contributed by atoms with van der Waals surface area (Å²) < 4.78 is 11.9. The normalized spacial score (nSPS) is 22.0. The van der Waals surface area contributed by atoms with E-state index in [2.05, 4.69) is 27.0 Å². The molecule has 1 spiro atoms. The van der Waals surface area contributed by atoms with E-state index in [1.165, 1.54) is 0 Å². The maximum atomic E-state index is 6.15. The highest BCUT2D eigenvalue weighted by molar-refractivity contribution is 5.13. The molecule has 0 aliphatic carbocycles. The predicted octanol–water partition coefficient (Wildman–Crippen LogP) is 2.85. The van der Waals surface area contributed by atoms with Crippen molar-refractivity contribution in [2.45, 2.75) is 31.9 Å². The Kier molecular flexibility index (Phi) is 4.68. The molecule has 0 N–H and O–H groups in total. The minimum Gasteiger partial charge on any atom is -0.478 e. The van der Waals surface area contributed by atoms with Gasteiger partial charge >= 0.3 is 0 Å². The van der Waals surface area contributed by atoms with Gasteiger partial charge in [-0.25, -0.2) is 4.98 Å². The molecule has 5 nitrogen and oxygen atoms in total. The molecular formula is C20H25N3O2. The largest absolute Gasteiger partial charge is 0.478 e. The molecule has 132 valence electrons. The lowest BCUT2D eigenvalue weighted by Crippen LogP contribution is -2.64. The molecule has 2 fully saturated rings. The van der Waals surface area contributed by atoms with Gasteiger partial charge in [0.2, 0.25) is 5.88 Å². The lowest BCUT2D eigenvalue weighted by atomic mass is 9.79. The number of likely N-dealkylation sites (tertiary alicyclic amines) is 1. The molecule has 0 unspecified atom stereocenters. The first-order chi connectivity index (χ1) is 12.2. The Hall–Kier alpha value is -1.98. The standard InChI is InChI=1S/C20H25N3O2/c1-16-5-4-6-18(22-16)13-23-14-20(15-23)17(9-12-25-20)8-11-24-19-7-2-3-10-21-19/h2-7,10,17H,8-9,11-15H2,1H3/t17-/m0/s1. The molecule has 5 heteroatoms. The summed E-state index contributed by atoms with van der Waals surface area (Å²) in [6.07, 6.45) is 3.91. The molecular weight excluding hydrogens is 314 g/mol. The van der Waals surface area contributed by atoms with Crippen LogP contribution in [0.2, 0.25) is 0 Å². The monoisotopic (exact) mass is 339 g/mol. The maximum Gasteiger partial charge on any atom is 0.213 e. The number of hydrogen-bond acceptors (Lipinski definition) is 5. The number of aryl methyl sites for hydroxylation is 1. The van der Waals surface area contributed by atoms with Crippen LogP contribution in [0.3, 0.4) is 0 Å². The maximum absolute atomic E-state index is 6.15. The fourth-order valence-corrected chi connectivity index (χ4v) is 4.02. The topological polar surface area (TPSA) is 47.5 Å².